The molecule has 2 rings (SSSR count). The fourth-order valence-corrected chi connectivity index (χ4v) is 2.29. The van der Waals surface area contributed by atoms with Crippen LogP contribution in [0.25, 0.3) is 0 Å². The third-order valence-electron chi connectivity index (χ3n) is 3.17. The van der Waals surface area contributed by atoms with Gasteiger partial charge in [-0.1, -0.05) is 12.8 Å². The smallest absolute Gasteiger partial charge is 0.233 e. The lowest BCUT2D eigenvalue weighted by atomic mass is 10.2. The Balaban J connectivity index is 1.80. The van der Waals surface area contributed by atoms with Crippen molar-refractivity contribution < 1.29 is 14.4 Å². The van der Waals surface area contributed by atoms with Gasteiger partial charge in [0, 0.05) is 13.0 Å². The van der Waals surface area contributed by atoms with Gasteiger partial charge in [-0.25, -0.2) is 9.90 Å². The van der Waals surface area contributed by atoms with Crippen LogP contribution in [0.15, 0.2) is 0 Å². The van der Waals surface area contributed by atoms with Crippen LogP contribution in [-0.2, 0) is 14.4 Å². The Labute approximate surface area is 90.5 Å². The molecule has 1 saturated carbocycles. The first-order valence-electron chi connectivity index (χ1n) is 5.92. The van der Waals surface area contributed by atoms with Gasteiger partial charge in [-0.15, -0.1) is 0 Å². The number of nitrogens with zero attached hydrogens (tertiary/aromatic N) is 1. The molecule has 1 aliphatic carbocycles. The van der Waals surface area contributed by atoms with Crippen LogP contribution in [0.2, 0.25) is 0 Å². The maximum Gasteiger partial charge on any atom is 0.233 e. The van der Waals surface area contributed by atoms with Crippen LogP contribution in [0.1, 0.15) is 44.9 Å². The molecule has 0 radical (unpaired) electrons. The van der Waals surface area contributed by atoms with Crippen molar-refractivity contribution in [2.24, 2.45) is 0 Å². The first-order chi connectivity index (χ1) is 7.40. The van der Waals surface area contributed by atoms with E-state index in [4.69, 9.17) is 9.57 Å². The fraction of sp³-hybridized carbons (Fsp3) is 0.909. The molecule has 1 unspecified atom stereocenters. The lowest BCUT2D eigenvalue weighted by Crippen LogP contribution is -2.38. The summed E-state index contributed by atoms with van der Waals surface area (Å²) in [6, 6.07) is 0.271. The van der Waals surface area contributed by atoms with Crippen LogP contribution >= 0.6 is 0 Å². The lowest BCUT2D eigenvalue weighted by Gasteiger charge is -2.30. The highest BCUT2D eigenvalue weighted by molar-refractivity contribution is 5.45. The third-order valence-corrected chi connectivity index (χ3v) is 3.17. The first-order valence-corrected chi connectivity index (χ1v) is 5.92. The van der Waals surface area contributed by atoms with E-state index in [2.05, 4.69) is 0 Å². The highest BCUT2D eigenvalue weighted by Gasteiger charge is 2.26. The number of amides is 1. The molecule has 0 aromatic rings. The largest absolute Gasteiger partial charge is 0.350 e. The second-order valence-corrected chi connectivity index (χ2v) is 4.31. The Morgan fingerprint density at radius 3 is 2.47 bits per heavy atom. The molecular weight excluding hydrogens is 194 g/mol. The van der Waals surface area contributed by atoms with Gasteiger partial charge in [-0.2, -0.15) is 0 Å². The SMILES string of the molecule is O=CN(OC1CCCCO1)C1CCCC1. The number of carbonyl (C=O) groups is 1. The van der Waals surface area contributed by atoms with Crippen molar-refractivity contribution in [3.8, 4) is 0 Å². The van der Waals surface area contributed by atoms with E-state index in [-0.39, 0.29) is 12.3 Å². The summed E-state index contributed by atoms with van der Waals surface area (Å²) in [7, 11) is 0. The molecule has 2 aliphatic rings. The van der Waals surface area contributed by atoms with Crippen LogP contribution < -0.4 is 0 Å². The highest BCUT2D eigenvalue weighted by atomic mass is 16.8. The molecule has 0 N–H and O–H groups in total. The summed E-state index contributed by atoms with van der Waals surface area (Å²) in [5.41, 5.74) is 0. The molecule has 1 saturated heterocycles. The maximum absolute atomic E-state index is 10.9. The molecule has 15 heavy (non-hydrogen) atoms. The first kappa shape index (κ1) is 10.9. The average molecular weight is 213 g/mol. The molecule has 1 aliphatic heterocycles. The summed E-state index contributed by atoms with van der Waals surface area (Å²) >= 11 is 0. The molecule has 4 heteroatoms. The van der Waals surface area contributed by atoms with Crippen molar-refractivity contribution in [1.82, 2.24) is 5.06 Å². The second-order valence-electron chi connectivity index (χ2n) is 4.31. The van der Waals surface area contributed by atoms with E-state index in [0.29, 0.717) is 0 Å². The molecule has 1 amide bonds. The summed E-state index contributed by atoms with van der Waals surface area (Å²) < 4.78 is 5.45. The molecular formula is C11H19NO3. The summed E-state index contributed by atoms with van der Waals surface area (Å²) in [5, 5.41) is 1.48. The van der Waals surface area contributed by atoms with Gasteiger partial charge in [-0.05, 0) is 25.7 Å². The van der Waals surface area contributed by atoms with Crippen molar-refractivity contribution in [3.05, 3.63) is 0 Å². The minimum absolute atomic E-state index is 0.204. The van der Waals surface area contributed by atoms with Crippen molar-refractivity contribution in [3.63, 3.8) is 0 Å². The maximum atomic E-state index is 10.9. The van der Waals surface area contributed by atoms with Gasteiger partial charge in [0.2, 0.25) is 6.41 Å². The van der Waals surface area contributed by atoms with Gasteiger partial charge in [-0.3, -0.25) is 4.79 Å². The van der Waals surface area contributed by atoms with Gasteiger partial charge >= 0.3 is 0 Å². The topological polar surface area (TPSA) is 38.8 Å². The van der Waals surface area contributed by atoms with Gasteiger partial charge in [0.15, 0.2) is 6.29 Å². The third kappa shape index (κ3) is 2.92. The van der Waals surface area contributed by atoms with E-state index in [0.717, 1.165) is 45.1 Å². The Hall–Kier alpha value is -0.610. The molecule has 86 valence electrons. The number of ether oxygens (including phenoxy) is 1. The zero-order valence-corrected chi connectivity index (χ0v) is 9.06. The van der Waals surface area contributed by atoms with E-state index in [1.54, 1.807) is 0 Å². The zero-order chi connectivity index (χ0) is 10.5. The number of hydroxylamine groups is 2. The Kier molecular flexibility index (Phi) is 3.97. The Morgan fingerprint density at radius 1 is 1.13 bits per heavy atom. The predicted octanol–water partition coefficient (Wildman–Crippen LogP) is 1.85. The summed E-state index contributed by atoms with van der Waals surface area (Å²) in [6.45, 7) is 0.752. The summed E-state index contributed by atoms with van der Waals surface area (Å²) in [4.78, 5) is 16.5. The van der Waals surface area contributed by atoms with E-state index in [1.807, 2.05) is 0 Å². The Morgan fingerprint density at radius 2 is 1.87 bits per heavy atom. The van der Waals surface area contributed by atoms with E-state index in [9.17, 15) is 4.79 Å². The monoisotopic (exact) mass is 213 g/mol. The van der Waals surface area contributed by atoms with Gasteiger partial charge in [0.1, 0.15) is 0 Å². The zero-order valence-electron chi connectivity index (χ0n) is 9.06. The van der Waals surface area contributed by atoms with Crippen molar-refractivity contribution in [2.45, 2.75) is 57.3 Å². The molecule has 0 spiro atoms. The molecule has 4 nitrogen and oxygen atoms in total. The molecule has 1 heterocycles. The average Bonchev–Trinajstić information content (AvgIpc) is 2.81. The normalized spacial score (nSPS) is 27.9. The molecule has 0 aromatic heterocycles. The van der Waals surface area contributed by atoms with Crippen LogP contribution in [0.4, 0.5) is 0 Å². The molecule has 0 aromatic carbocycles. The van der Waals surface area contributed by atoms with Crippen molar-refractivity contribution in [2.75, 3.05) is 6.61 Å². The lowest BCUT2D eigenvalue weighted by molar-refractivity contribution is -0.284. The number of hydrogen-bond donors (Lipinski definition) is 0. The van der Waals surface area contributed by atoms with E-state index >= 15 is 0 Å². The fourth-order valence-electron chi connectivity index (χ4n) is 2.29. The number of rotatable bonds is 4. The summed E-state index contributed by atoms with van der Waals surface area (Å²) in [6.07, 6.45) is 8.24. The molecule has 2 fully saturated rings. The second kappa shape index (κ2) is 5.47. The van der Waals surface area contributed by atoms with Crippen molar-refractivity contribution >= 4 is 6.41 Å². The van der Waals surface area contributed by atoms with Gasteiger partial charge < -0.3 is 4.74 Å². The molecule has 1 atom stereocenters. The van der Waals surface area contributed by atoms with Gasteiger partial charge in [0.05, 0.1) is 6.04 Å². The number of carbonyl (C=O) groups excluding carboxylic acids is 1. The minimum Gasteiger partial charge on any atom is -0.350 e. The van der Waals surface area contributed by atoms with Crippen LogP contribution in [0.5, 0.6) is 0 Å². The quantitative estimate of drug-likeness (QED) is 0.528. The van der Waals surface area contributed by atoms with Crippen LogP contribution in [-0.4, -0.2) is 30.4 Å². The summed E-state index contributed by atoms with van der Waals surface area (Å²) in [5.74, 6) is 0. The predicted molar refractivity (Wildman–Crippen MR) is 54.8 cm³/mol. The van der Waals surface area contributed by atoms with Crippen molar-refractivity contribution in [1.29, 1.82) is 0 Å². The standard InChI is InChI=1S/C11H19NO3/c13-9-12(10-5-1-2-6-10)15-11-7-3-4-8-14-11/h9-11H,1-8H2. The minimum atomic E-state index is -0.204. The van der Waals surface area contributed by atoms with E-state index in [1.165, 1.54) is 17.9 Å². The Bertz CT molecular complexity index is 198. The van der Waals surface area contributed by atoms with E-state index < -0.39 is 0 Å². The van der Waals surface area contributed by atoms with Crippen LogP contribution in [0.3, 0.4) is 0 Å². The number of hydrogen-bond acceptors (Lipinski definition) is 3. The van der Waals surface area contributed by atoms with Gasteiger partial charge in [0.25, 0.3) is 0 Å². The molecule has 0 bridgehead atoms. The van der Waals surface area contributed by atoms with Crippen LogP contribution in [0, 0.1) is 0 Å². The highest BCUT2D eigenvalue weighted by Crippen LogP contribution is 2.24.